The van der Waals surface area contributed by atoms with Crippen molar-refractivity contribution in [3.8, 4) is 6.07 Å². The summed E-state index contributed by atoms with van der Waals surface area (Å²) in [6.07, 6.45) is 0. The lowest BCUT2D eigenvalue weighted by molar-refractivity contribution is -0.384. The molecule has 1 amide bonds. The summed E-state index contributed by atoms with van der Waals surface area (Å²) in [6, 6.07) is 11.0. The number of halogens is 1. The van der Waals surface area contributed by atoms with Crippen LogP contribution < -0.4 is 5.32 Å². The van der Waals surface area contributed by atoms with Gasteiger partial charge in [-0.15, -0.1) is 0 Å². The van der Waals surface area contributed by atoms with E-state index in [0.29, 0.717) is 16.8 Å². The van der Waals surface area contributed by atoms with Crippen LogP contribution in [0.2, 0.25) is 0 Å². The van der Waals surface area contributed by atoms with Crippen molar-refractivity contribution in [2.24, 2.45) is 0 Å². The van der Waals surface area contributed by atoms with Gasteiger partial charge in [0.15, 0.2) is 0 Å². The van der Waals surface area contributed by atoms with Crippen molar-refractivity contribution in [1.29, 1.82) is 5.26 Å². The van der Waals surface area contributed by atoms with E-state index < -0.39 is 16.6 Å². The predicted molar refractivity (Wildman–Crippen MR) is 80.6 cm³/mol. The standard InChI is InChI=1S/C16H8FN3O3/c17-10-3-6-14-12(7-10)15(16(21)19-14)13(8-18)9-1-4-11(5-2-9)20(22)23/h1-7H,(H,19,21). The summed E-state index contributed by atoms with van der Waals surface area (Å²) in [5.74, 6) is -1.04. The lowest BCUT2D eigenvalue weighted by atomic mass is 9.96. The molecule has 0 fully saturated rings. The Morgan fingerprint density at radius 3 is 2.52 bits per heavy atom. The minimum atomic E-state index is -0.560. The van der Waals surface area contributed by atoms with Gasteiger partial charge in [0, 0.05) is 23.4 Å². The monoisotopic (exact) mass is 309 g/mol. The summed E-state index contributed by atoms with van der Waals surface area (Å²) in [4.78, 5) is 22.3. The number of amides is 1. The molecular weight excluding hydrogens is 301 g/mol. The molecule has 1 heterocycles. The quantitative estimate of drug-likeness (QED) is 0.399. The molecule has 0 unspecified atom stereocenters. The highest BCUT2D eigenvalue weighted by molar-refractivity contribution is 6.38. The number of non-ortho nitro benzene ring substituents is 1. The topological polar surface area (TPSA) is 96.0 Å². The second kappa shape index (κ2) is 5.35. The summed E-state index contributed by atoms with van der Waals surface area (Å²) >= 11 is 0. The number of nitrogens with zero attached hydrogens (tertiary/aromatic N) is 2. The van der Waals surface area contributed by atoms with Gasteiger partial charge in [0.25, 0.3) is 11.6 Å². The van der Waals surface area contributed by atoms with Gasteiger partial charge in [0.1, 0.15) is 11.9 Å². The van der Waals surface area contributed by atoms with Crippen LogP contribution in [0.3, 0.4) is 0 Å². The van der Waals surface area contributed by atoms with Crippen LogP contribution in [0.15, 0.2) is 42.5 Å². The van der Waals surface area contributed by atoms with Gasteiger partial charge < -0.3 is 5.32 Å². The molecular formula is C16H8FN3O3. The number of allylic oxidation sites excluding steroid dienone is 1. The van der Waals surface area contributed by atoms with Crippen LogP contribution in [0.1, 0.15) is 11.1 Å². The van der Waals surface area contributed by atoms with E-state index in [1.165, 1.54) is 42.5 Å². The largest absolute Gasteiger partial charge is 0.321 e. The van der Waals surface area contributed by atoms with Gasteiger partial charge in [-0.25, -0.2) is 4.39 Å². The Labute approximate surface area is 129 Å². The highest BCUT2D eigenvalue weighted by Gasteiger charge is 2.28. The number of carbonyl (C=O) groups excluding carboxylic acids is 1. The minimum Gasteiger partial charge on any atom is -0.321 e. The number of fused-ring (bicyclic) bond motifs is 1. The van der Waals surface area contributed by atoms with Gasteiger partial charge in [-0.2, -0.15) is 5.26 Å². The van der Waals surface area contributed by atoms with Crippen LogP contribution in [-0.4, -0.2) is 10.8 Å². The molecule has 23 heavy (non-hydrogen) atoms. The number of hydrogen-bond donors (Lipinski definition) is 1. The molecule has 0 radical (unpaired) electrons. The highest BCUT2D eigenvalue weighted by Crippen LogP contribution is 2.37. The number of rotatable bonds is 2. The van der Waals surface area contributed by atoms with E-state index in [4.69, 9.17) is 0 Å². The molecule has 0 aliphatic carbocycles. The molecule has 0 spiro atoms. The summed E-state index contributed by atoms with van der Waals surface area (Å²) in [5, 5.41) is 22.7. The molecule has 0 saturated carbocycles. The lowest BCUT2D eigenvalue weighted by Crippen LogP contribution is -2.05. The first kappa shape index (κ1) is 14.4. The molecule has 1 aliphatic heterocycles. The number of hydrogen-bond acceptors (Lipinski definition) is 4. The fraction of sp³-hybridized carbons (Fsp3) is 0. The maximum absolute atomic E-state index is 13.5. The Balaban J connectivity index is 2.19. The molecule has 2 aromatic rings. The van der Waals surface area contributed by atoms with Crippen LogP contribution in [-0.2, 0) is 4.79 Å². The lowest BCUT2D eigenvalue weighted by Gasteiger charge is -2.04. The third-order valence-electron chi connectivity index (χ3n) is 3.45. The third kappa shape index (κ3) is 2.42. The molecule has 3 rings (SSSR count). The van der Waals surface area contributed by atoms with E-state index in [1.54, 1.807) is 0 Å². The second-order valence-corrected chi connectivity index (χ2v) is 4.81. The zero-order valence-corrected chi connectivity index (χ0v) is 11.5. The average molecular weight is 309 g/mol. The van der Waals surface area contributed by atoms with Gasteiger partial charge in [-0.1, -0.05) is 0 Å². The summed E-state index contributed by atoms with van der Waals surface area (Å²) in [5.41, 5.74) is 1.02. The van der Waals surface area contributed by atoms with Crippen molar-refractivity contribution in [3.05, 3.63) is 69.5 Å². The number of carbonyl (C=O) groups is 1. The third-order valence-corrected chi connectivity index (χ3v) is 3.45. The number of benzene rings is 2. The van der Waals surface area contributed by atoms with Crippen LogP contribution in [0.5, 0.6) is 0 Å². The molecule has 6 nitrogen and oxygen atoms in total. The van der Waals surface area contributed by atoms with Crippen molar-refractivity contribution in [1.82, 2.24) is 0 Å². The summed E-state index contributed by atoms with van der Waals surface area (Å²) in [6.45, 7) is 0. The number of nitrogens with one attached hydrogen (secondary N) is 1. The van der Waals surface area contributed by atoms with Crippen molar-refractivity contribution in [3.63, 3.8) is 0 Å². The van der Waals surface area contributed by atoms with E-state index in [1.807, 2.05) is 6.07 Å². The maximum Gasteiger partial charge on any atom is 0.269 e. The Morgan fingerprint density at radius 2 is 1.91 bits per heavy atom. The fourth-order valence-corrected chi connectivity index (χ4v) is 2.40. The fourth-order valence-electron chi connectivity index (χ4n) is 2.40. The first-order valence-corrected chi connectivity index (χ1v) is 6.51. The second-order valence-electron chi connectivity index (χ2n) is 4.81. The SMILES string of the molecule is N#CC(=C1C(=O)Nc2ccc(F)cc21)c1ccc([N+](=O)[O-])cc1. The van der Waals surface area contributed by atoms with Crippen molar-refractivity contribution < 1.29 is 14.1 Å². The van der Waals surface area contributed by atoms with Crippen molar-refractivity contribution >= 4 is 28.4 Å². The number of nitro benzene ring substituents is 1. The number of nitriles is 1. The molecule has 112 valence electrons. The Kier molecular flexibility index (Phi) is 3.35. The molecule has 1 N–H and O–H groups in total. The molecule has 0 aromatic heterocycles. The Bertz CT molecular complexity index is 911. The Hall–Kier alpha value is -3.53. The van der Waals surface area contributed by atoms with Crippen LogP contribution >= 0.6 is 0 Å². The van der Waals surface area contributed by atoms with Crippen molar-refractivity contribution in [2.75, 3.05) is 5.32 Å². The van der Waals surface area contributed by atoms with Gasteiger partial charge >= 0.3 is 0 Å². The van der Waals surface area contributed by atoms with Crippen LogP contribution in [0.25, 0.3) is 11.1 Å². The van der Waals surface area contributed by atoms with Gasteiger partial charge in [0.2, 0.25) is 0 Å². The summed E-state index contributed by atoms with van der Waals surface area (Å²) < 4.78 is 13.5. The van der Waals surface area contributed by atoms with Gasteiger partial charge in [0.05, 0.1) is 16.1 Å². The zero-order valence-electron chi connectivity index (χ0n) is 11.5. The molecule has 7 heteroatoms. The minimum absolute atomic E-state index is 0.0294. The van der Waals surface area contributed by atoms with Gasteiger partial charge in [-0.3, -0.25) is 14.9 Å². The van der Waals surface area contributed by atoms with Gasteiger partial charge in [-0.05, 0) is 35.9 Å². The van der Waals surface area contributed by atoms with Crippen LogP contribution in [0.4, 0.5) is 15.8 Å². The van der Waals surface area contributed by atoms with Crippen molar-refractivity contribution in [2.45, 2.75) is 0 Å². The first-order valence-electron chi connectivity index (χ1n) is 6.51. The normalized spacial score (nSPS) is 14.7. The van der Waals surface area contributed by atoms with E-state index in [-0.39, 0.29) is 16.8 Å². The Morgan fingerprint density at radius 1 is 1.22 bits per heavy atom. The summed E-state index contributed by atoms with van der Waals surface area (Å²) in [7, 11) is 0. The zero-order chi connectivity index (χ0) is 16.6. The van der Waals surface area contributed by atoms with E-state index in [2.05, 4.69) is 5.32 Å². The smallest absolute Gasteiger partial charge is 0.269 e. The number of nitro groups is 1. The molecule has 0 atom stereocenters. The average Bonchev–Trinajstić information content (AvgIpc) is 2.85. The molecule has 2 aromatic carbocycles. The number of anilines is 1. The molecule has 0 saturated heterocycles. The van der Waals surface area contributed by atoms with Crippen LogP contribution in [0, 0.1) is 27.3 Å². The predicted octanol–water partition coefficient (Wildman–Crippen LogP) is 3.12. The molecule has 1 aliphatic rings. The maximum atomic E-state index is 13.5. The molecule has 0 bridgehead atoms. The first-order chi connectivity index (χ1) is 11.0. The highest BCUT2D eigenvalue weighted by atomic mass is 19.1. The van der Waals surface area contributed by atoms with E-state index in [9.17, 15) is 24.6 Å². The van der Waals surface area contributed by atoms with E-state index in [0.717, 1.165) is 0 Å². The van der Waals surface area contributed by atoms with E-state index >= 15 is 0 Å².